The second-order valence-corrected chi connectivity index (χ2v) is 8.22. The minimum absolute atomic E-state index is 0.0893. The summed E-state index contributed by atoms with van der Waals surface area (Å²) >= 11 is 1.33. The summed E-state index contributed by atoms with van der Waals surface area (Å²) in [6.07, 6.45) is 2.59. The lowest BCUT2D eigenvalue weighted by Crippen LogP contribution is -2.35. The molecule has 0 aliphatic carbocycles. The Balaban J connectivity index is 1.21. The molecule has 5 aromatic rings. The molecule has 11 nitrogen and oxygen atoms in total. The van der Waals surface area contributed by atoms with Crippen LogP contribution in [0.25, 0.3) is 10.9 Å². The summed E-state index contributed by atoms with van der Waals surface area (Å²) in [5.74, 6) is 1.01. The van der Waals surface area contributed by atoms with Crippen molar-refractivity contribution < 1.29 is 28.6 Å². The van der Waals surface area contributed by atoms with Crippen LogP contribution in [0.3, 0.4) is 0 Å². The molecule has 3 aromatic heterocycles. The molecule has 5 rings (SSSR count). The maximum Gasteiger partial charge on any atom is 0.423 e. The molecule has 0 aliphatic heterocycles. The molecule has 0 saturated heterocycles. The Morgan fingerprint density at radius 3 is 2.43 bits per heavy atom. The number of hydrogen-bond acceptors (Lipinski definition) is 9. The van der Waals surface area contributed by atoms with E-state index >= 15 is 0 Å². The van der Waals surface area contributed by atoms with Crippen molar-refractivity contribution in [2.75, 3.05) is 5.32 Å². The standard InChI is InChI=1S/C25H17N5O6S/c31-23(28-22-27-11-13-37-22)30-12-9-16-14-18(6-7-20(16)30)34-19-8-10-26-21(15-19)36-25(33)29-24(32)35-17-4-2-1-3-5-17/h1-15H,(H,27,28,31)(H,29,32,33). The van der Waals surface area contributed by atoms with Gasteiger partial charge in [0.1, 0.15) is 17.2 Å². The highest BCUT2D eigenvalue weighted by atomic mass is 32.1. The third-order valence-electron chi connectivity index (χ3n) is 4.82. The summed E-state index contributed by atoms with van der Waals surface area (Å²) in [6.45, 7) is 0. The van der Waals surface area contributed by atoms with Gasteiger partial charge in [0.05, 0.1) is 5.52 Å². The molecule has 0 bridgehead atoms. The SMILES string of the molecule is O=C(NC(=O)Oc1cc(Oc2ccc3c(ccn3C(=O)Nc3nccs3)c2)ccn1)Oc1ccccc1. The first-order chi connectivity index (χ1) is 18.0. The number of hydrogen-bond donors (Lipinski definition) is 2. The molecular weight excluding hydrogens is 498 g/mol. The van der Waals surface area contributed by atoms with E-state index < -0.39 is 12.2 Å². The Morgan fingerprint density at radius 1 is 0.811 bits per heavy atom. The van der Waals surface area contributed by atoms with Gasteiger partial charge in [-0.05, 0) is 42.5 Å². The molecule has 3 amide bonds. The molecule has 3 heterocycles. The summed E-state index contributed by atoms with van der Waals surface area (Å²) < 4.78 is 17.4. The van der Waals surface area contributed by atoms with Crippen molar-refractivity contribution in [2.45, 2.75) is 0 Å². The smallest absolute Gasteiger partial charge is 0.423 e. The maximum absolute atomic E-state index is 12.6. The van der Waals surface area contributed by atoms with Gasteiger partial charge in [0.15, 0.2) is 5.13 Å². The van der Waals surface area contributed by atoms with Crippen molar-refractivity contribution in [3.8, 4) is 23.1 Å². The average molecular weight is 516 g/mol. The minimum atomic E-state index is -1.07. The topological polar surface area (TPSA) is 134 Å². The lowest BCUT2D eigenvalue weighted by atomic mass is 10.2. The predicted octanol–water partition coefficient (Wildman–Crippen LogP) is 5.65. The van der Waals surface area contributed by atoms with Gasteiger partial charge in [-0.3, -0.25) is 9.88 Å². The van der Waals surface area contributed by atoms with Gasteiger partial charge in [-0.15, -0.1) is 11.3 Å². The number of pyridine rings is 1. The van der Waals surface area contributed by atoms with E-state index in [1.54, 1.807) is 78.4 Å². The van der Waals surface area contributed by atoms with Crippen LogP contribution in [0.2, 0.25) is 0 Å². The molecule has 0 atom stereocenters. The number of nitrogens with one attached hydrogen (secondary N) is 2. The van der Waals surface area contributed by atoms with Crippen molar-refractivity contribution in [1.29, 1.82) is 0 Å². The minimum Gasteiger partial charge on any atom is -0.457 e. The lowest BCUT2D eigenvalue weighted by Gasteiger charge is -2.09. The summed E-state index contributed by atoms with van der Waals surface area (Å²) in [6, 6.07) is 17.9. The van der Waals surface area contributed by atoms with Gasteiger partial charge in [-0.2, -0.15) is 0 Å². The Morgan fingerprint density at radius 2 is 1.62 bits per heavy atom. The van der Waals surface area contributed by atoms with Gasteiger partial charge in [-0.25, -0.2) is 29.7 Å². The highest BCUT2D eigenvalue weighted by Crippen LogP contribution is 2.28. The summed E-state index contributed by atoms with van der Waals surface area (Å²) in [7, 11) is 0. The van der Waals surface area contributed by atoms with Crippen LogP contribution in [0.4, 0.5) is 19.5 Å². The Labute approximate surface area is 213 Å². The third-order valence-corrected chi connectivity index (χ3v) is 5.51. The highest BCUT2D eigenvalue weighted by molar-refractivity contribution is 7.13. The van der Waals surface area contributed by atoms with Crippen LogP contribution in [0.5, 0.6) is 23.1 Å². The molecular formula is C25H17N5O6S. The normalized spacial score (nSPS) is 10.5. The Bertz CT molecular complexity index is 1570. The second-order valence-electron chi connectivity index (χ2n) is 7.32. The number of nitrogens with zero attached hydrogens (tertiary/aromatic N) is 3. The van der Waals surface area contributed by atoms with E-state index in [0.29, 0.717) is 22.1 Å². The Kier molecular flexibility index (Phi) is 6.72. The molecule has 2 N–H and O–H groups in total. The van der Waals surface area contributed by atoms with Crippen LogP contribution in [-0.2, 0) is 0 Å². The molecule has 0 radical (unpaired) electrons. The first kappa shape index (κ1) is 23.5. The predicted molar refractivity (Wildman–Crippen MR) is 134 cm³/mol. The van der Waals surface area contributed by atoms with Crippen molar-refractivity contribution >= 4 is 45.6 Å². The molecule has 12 heteroatoms. The van der Waals surface area contributed by atoms with E-state index in [9.17, 15) is 14.4 Å². The second kappa shape index (κ2) is 10.6. The van der Waals surface area contributed by atoms with E-state index in [-0.39, 0.29) is 17.7 Å². The molecule has 0 spiro atoms. The number of carbonyl (C=O) groups is 3. The number of anilines is 1. The molecule has 184 valence electrons. The third kappa shape index (κ3) is 5.89. The quantitative estimate of drug-likeness (QED) is 0.307. The number of ether oxygens (including phenoxy) is 3. The van der Waals surface area contributed by atoms with Crippen LogP contribution < -0.4 is 24.8 Å². The fraction of sp³-hybridized carbons (Fsp3) is 0. The van der Waals surface area contributed by atoms with Crippen molar-refractivity contribution in [1.82, 2.24) is 19.9 Å². The van der Waals surface area contributed by atoms with Crippen LogP contribution in [0.1, 0.15) is 0 Å². The van der Waals surface area contributed by atoms with Crippen molar-refractivity contribution in [3.63, 3.8) is 0 Å². The largest absolute Gasteiger partial charge is 0.457 e. The fourth-order valence-electron chi connectivity index (χ4n) is 3.27. The van der Waals surface area contributed by atoms with Gasteiger partial charge in [0.2, 0.25) is 5.88 Å². The number of amides is 3. The van der Waals surface area contributed by atoms with Gasteiger partial charge < -0.3 is 14.2 Å². The molecule has 0 fully saturated rings. The number of aromatic nitrogens is 3. The van der Waals surface area contributed by atoms with Crippen LogP contribution in [-0.4, -0.2) is 32.8 Å². The summed E-state index contributed by atoms with van der Waals surface area (Å²) in [4.78, 5) is 44.4. The van der Waals surface area contributed by atoms with Gasteiger partial charge >= 0.3 is 18.2 Å². The number of rotatable bonds is 5. The van der Waals surface area contributed by atoms with Crippen LogP contribution in [0, 0.1) is 0 Å². The van der Waals surface area contributed by atoms with E-state index in [1.165, 1.54) is 28.2 Å². The van der Waals surface area contributed by atoms with Crippen LogP contribution >= 0.6 is 11.3 Å². The Hall–Kier alpha value is -5.23. The fourth-order valence-corrected chi connectivity index (χ4v) is 3.79. The first-order valence-corrected chi connectivity index (χ1v) is 11.6. The van der Waals surface area contributed by atoms with Crippen molar-refractivity contribution in [3.05, 3.63) is 90.7 Å². The molecule has 2 aromatic carbocycles. The van der Waals surface area contributed by atoms with E-state index in [4.69, 9.17) is 14.2 Å². The van der Waals surface area contributed by atoms with Gasteiger partial charge in [-0.1, -0.05) is 18.2 Å². The zero-order valence-corrected chi connectivity index (χ0v) is 19.7. The maximum atomic E-state index is 12.6. The van der Waals surface area contributed by atoms with Gasteiger partial charge in [0, 0.05) is 35.4 Å². The average Bonchev–Trinajstić information content (AvgIpc) is 3.54. The molecule has 0 saturated carbocycles. The number of fused-ring (bicyclic) bond motifs is 1. The lowest BCUT2D eigenvalue weighted by molar-refractivity contribution is 0.180. The van der Waals surface area contributed by atoms with E-state index in [1.807, 2.05) is 5.32 Å². The van der Waals surface area contributed by atoms with E-state index in [0.717, 1.165) is 5.39 Å². The van der Waals surface area contributed by atoms with Crippen LogP contribution in [0.15, 0.2) is 90.7 Å². The number of para-hydroxylation sites is 1. The molecule has 0 aliphatic rings. The zero-order chi connectivity index (χ0) is 25.6. The monoisotopic (exact) mass is 515 g/mol. The number of carbonyl (C=O) groups excluding carboxylic acids is 3. The molecule has 37 heavy (non-hydrogen) atoms. The molecule has 0 unspecified atom stereocenters. The number of imide groups is 1. The zero-order valence-electron chi connectivity index (χ0n) is 18.9. The van der Waals surface area contributed by atoms with Gasteiger partial charge in [0.25, 0.3) is 0 Å². The van der Waals surface area contributed by atoms with Crippen molar-refractivity contribution in [2.24, 2.45) is 0 Å². The summed E-state index contributed by atoms with van der Waals surface area (Å²) in [5, 5.41) is 7.73. The van der Waals surface area contributed by atoms with E-state index in [2.05, 4.69) is 15.3 Å². The number of thiazole rings is 1. The highest BCUT2D eigenvalue weighted by Gasteiger charge is 2.14. The summed E-state index contributed by atoms with van der Waals surface area (Å²) in [5.41, 5.74) is 0.680. The first-order valence-electron chi connectivity index (χ1n) is 10.7. The number of benzene rings is 2.